The first-order valence-electron chi connectivity index (χ1n) is 9.35. The molecular formula is C21H25Cl3N2OS. The molecule has 2 aromatic carbocycles. The van der Waals surface area contributed by atoms with Gasteiger partial charge in [-0.3, -0.25) is 9.80 Å². The first kappa shape index (κ1) is 22.2. The second kappa shape index (κ2) is 10.5. The molecule has 1 heterocycles. The Morgan fingerprint density at radius 1 is 1.00 bits per heavy atom. The van der Waals surface area contributed by atoms with Gasteiger partial charge in [-0.15, -0.1) is 0 Å². The minimum Gasteiger partial charge on any atom is -0.383 e. The molecule has 1 aliphatic rings. The van der Waals surface area contributed by atoms with Crippen molar-refractivity contribution in [2.75, 3.05) is 46.4 Å². The van der Waals surface area contributed by atoms with Crippen LogP contribution in [0.4, 0.5) is 0 Å². The van der Waals surface area contributed by atoms with Crippen LogP contribution in [0.15, 0.2) is 46.2 Å². The van der Waals surface area contributed by atoms with Crippen LogP contribution in [-0.2, 0) is 4.74 Å². The van der Waals surface area contributed by atoms with Crippen molar-refractivity contribution < 1.29 is 4.74 Å². The Hall–Kier alpha value is -0.460. The molecule has 0 saturated carbocycles. The minimum absolute atomic E-state index is 0.286. The van der Waals surface area contributed by atoms with Crippen molar-refractivity contribution in [2.24, 2.45) is 0 Å². The van der Waals surface area contributed by atoms with Gasteiger partial charge in [-0.05, 0) is 48.9 Å². The van der Waals surface area contributed by atoms with Gasteiger partial charge in [0.15, 0.2) is 0 Å². The molecular weight excluding hydrogens is 435 g/mol. The summed E-state index contributed by atoms with van der Waals surface area (Å²) in [5.41, 5.74) is 1.24. The van der Waals surface area contributed by atoms with Crippen molar-refractivity contribution >= 4 is 46.6 Å². The maximum atomic E-state index is 6.34. The van der Waals surface area contributed by atoms with E-state index in [0.29, 0.717) is 10.0 Å². The van der Waals surface area contributed by atoms with Gasteiger partial charge < -0.3 is 4.74 Å². The summed E-state index contributed by atoms with van der Waals surface area (Å²) in [5, 5.41) is 1.91. The third kappa shape index (κ3) is 5.79. The van der Waals surface area contributed by atoms with E-state index >= 15 is 0 Å². The Bertz CT molecular complexity index is 797. The highest BCUT2D eigenvalue weighted by Gasteiger charge is 2.24. The van der Waals surface area contributed by atoms with E-state index in [1.165, 1.54) is 10.5 Å². The van der Waals surface area contributed by atoms with Crippen LogP contribution in [0.5, 0.6) is 0 Å². The second-order valence-corrected chi connectivity index (χ2v) is 9.27. The summed E-state index contributed by atoms with van der Waals surface area (Å²) in [4.78, 5) is 7.23. The first-order valence-corrected chi connectivity index (χ1v) is 11.3. The van der Waals surface area contributed by atoms with Gasteiger partial charge in [0.1, 0.15) is 0 Å². The van der Waals surface area contributed by atoms with Crippen LogP contribution in [0.3, 0.4) is 0 Å². The quantitative estimate of drug-likeness (QED) is 0.495. The van der Waals surface area contributed by atoms with Crippen molar-refractivity contribution in [1.82, 2.24) is 9.80 Å². The lowest BCUT2D eigenvalue weighted by molar-refractivity contribution is 0.0781. The average molecular weight is 460 g/mol. The summed E-state index contributed by atoms with van der Waals surface area (Å²) in [6.45, 7) is 8.23. The van der Waals surface area contributed by atoms with Gasteiger partial charge in [0.2, 0.25) is 0 Å². The molecule has 2 aromatic rings. The number of ether oxygens (including phenoxy) is 1. The molecule has 1 fully saturated rings. The smallest absolute Gasteiger partial charge is 0.0603 e. The third-order valence-electron chi connectivity index (χ3n) is 5.11. The lowest BCUT2D eigenvalue weighted by Crippen LogP contribution is -2.47. The number of hydrogen-bond acceptors (Lipinski definition) is 4. The van der Waals surface area contributed by atoms with E-state index in [0.717, 1.165) is 49.2 Å². The van der Waals surface area contributed by atoms with Crippen molar-refractivity contribution in [3.05, 3.63) is 57.0 Å². The number of benzene rings is 2. The summed E-state index contributed by atoms with van der Waals surface area (Å²) in [7, 11) is 1.75. The highest BCUT2D eigenvalue weighted by Crippen LogP contribution is 2.38. The van der Waals surface area contributed by atoms with Crippen molar-refractivity contribution in [3.8, 4) is 0 Å². The SMILES string of the molecule is COCCN1CCN([C@H](C)c2cc(Cl)ccc2Sc2ccc(Cl)c(Cl)c2)CC1. The van der Waals surface area contributed by atoms with E-state index in [2.05, 4.69) is 28.9 Å². The Morgan fingerprint density at radius 2 is 1.75 bits per heavy atom. The molecule has 28 heavy (non-hydrogen) atoms. The number of nitrogens with zero attached hydrogens (tertiary/aromatic N) is 2. The lowest BCUT2D eigenvalue weighted by atomic mass is 10.1. The van der Waals surface area contributed by atoms with Crippen LogP contribution >= 0.6 is 46.6 Å². The molecule has 1 aliphatic heterocycles. The van der Waals surface area contributed by atoms with E-state index in [1.54, 1.807) is 18.9 Å². The fourth-order valence-electron chi connectivity index (χ4n) is 3.40. The zero-order chi connectivity index (χ0) is 20.1. The number of hydrogen-bond donors (Lipinski definition) is 0. The van der Waals surface area contributed by atoms with Gasteiger partial charge in [0, 0.05) is 60.7 Å². The Kier molecular flexibility index (Phi) is 8.36. The summed E-state index contributed by atoms with van der Waals surface area (Å²) in [6.07, 6.45) is 0. The van der Waals surface area contributed by atoms with E-state index in [1.807, 2.05) is 24.3 Å². The van der Waals surface area contributed by atoms with Crippen molar-refractivity contribution in [2.45, 2.75) is 22.8 Å². The second-order valence-electron chi connectivity index (χ2n) is 6.91. The maximum absolute atomic E-state index is 6.34. The molecule has 0 N–H and O–H groups in total. The fraction of sp³-hybridized carbons (Fsp3) is 0.429. The number of rotatable bonds is 7. The molecule has 0 unspecified atom stereocenters. The normalized spacial score (nSPS) is 17.0. The summed E-state index contributed by atoms with van der Waals surface area (Å²) in [5.74, 6) is 0. The van der Waals surface area contributed by atoms with Crippen molar-refractivity contribution in [3.63, 3.8) is 0 Å². The van der Waals surface area contributed by atoms with E-state index in [9.17, 15) is 0 Å². The van der Waals surface area contributed by atoms with Crippen LogP contribution in [-0.4, -0.2) is 56.2 Å². The molecule has 0 aromatic heterocycles. The highest BCUT2D eigenvalue weighted by atomic mass is 35.5. The maximum Gasteiger partial charge on any atom is 0.0603 e. The largest absolute Gasteiger partial charge is 0.383 e. The molecule has 3 nitrogen and oxygen atoms in total. The molecule has 152 valence electrons. The third-order valence-corrected chi connectivity index (χ3v) is 7.16. The average Bonchev–Trinajstić information content (AvgIpc) is 2.70. The molecule has 1 atom stereocenters. The van der Waals surface area contributed by atoms with E-state index in [4.69, 9.17) is 39.5 Å². The Morgan fingerprint density at radius 3 is 2.43 bits per heavy atom. The van der Waals surface area contributed by atoms with Gasteiger partial charge in [-0.1, -0.05) is 46.6 Å². The summed E-state index contributed by atoms with van der Waals surface area (Å²) >= 11 is 20.3. The molecule has 1 saturated heterocycles. The highest BCUT2D eigenvalue weighted by molar-refractivity contribution is 7.99. The van der Waals surface area contributed by atoms with Crippen LogP contribution in [0, 0.1) is 0 Å². The van der Waals surface area contributed by atoms with E-state index in [-0.39, 0.29) is 6.04 Å². The van der Waals surface area contributed by atoms with Crippen LogP contribution < -0.4 is 0 Å². The number of halogens is 3. The Balaban J connectivity index is 1.74. The fourth-order valence-corrected chi connectivity index (χ4v) is 4.99. The van der Waals surface area contributed by atoms with Gasteiger partial charge in [0.25, 0.3) is 0 Å². The predicted octanol–water partition coefficient (Wildman–Crippen LogP) is 6.12. The van der Waals surface area contributed by atoms with Gasteiger partial charge in [-0.2, -0.15) is 0 Å². The van der Waals surface area contributed by atoms with Gasteiger partial charge in [0.05, 0.1) is 16.7 Å². The van der Waals surface area contributed by atoms with Crippen LogP contribution in [0.2, 0.25) is 15.1 Å². The number of methoxy groups -OCH3 is 1. The molecule has 0 bridgehead atoms. The summed E-state index contributed by atoms with van der Waals surface area (Å²) in [6, 6.07) is 12.2. The zero-order valence-electron chi connectivity index (χ0n) is 16.1. The van der Waals surface area contributed by atoms with Crippen LogP contribution in [0.1, 0.15) is 18.5 Å². The molecule has 3 rings (SSSR count). The lowest BCUT2D eigenvalue weighted by Gasteiger charge is -2.38. The first-order chi connectivity index (χ1) is 13.5. The standard InChI is InChI=1S/C21H25Cl3N2OS/c1-15(26-9-7-25(8-10-26)11-12-27-2)18-13-16(22)3-6-21(18)28-17-4-5-19(23)20(24)14-17/h3-6,13-15H,7-12H2,1-2H3/t15-/m1/s1. The predicted molar refractivity (Wildman–Crippen MR) is 120 cm³/mol. The molecule has 0 radical (unpaired) electrons. The minimum atomic E-state index is 0.286. The molecule has 0 spiro atoms. The monoisotopic (exact) mass is 458 g/mol. The Labute approximate surface area is 186 Å². The summed E-state index contributed by atoms with van der Waals surface area (Å²) < 4.78 is 5.20. The molecule has 0 aliphatic carbocycles. The van der Waals surface area contributed by atoms with Crippen molar-refractivity contribution in [1.29, 1.82) is 0 Å². The van der Waals surface area contributed by atoms with Gasteiger partial charge >= 0.3 is 0 Å². The topological polar surface area (TPSA) is 15.7 Å². The molecule has 7 heteroatoms. The van der Waals surface area contributed by atoms with E-state index < -0.39 is 0 Å². The molecule has 0 amide bonds. The zero-order valence-corrected chi connectivity index (χ0v) is 19.2. The van der Waals surface area contributed by atoms with Gasteiger partial charge in [-0.25, -0.2) is 0 Å². The number of piperazine rings is 1. The van der Waals surface area contributed by atoms with Crippen LogP contribution in [0.25, 0.3) is 0 Å².